The van der Waals surface area contributed by atoms with Crippen LogP contribution in [0.25, 0.3) is 0 Å². The van der Waals surface area contributed by atoms with E-state index in [4.69, 9.17) is 4.74 Å². The third-order valence-corrected chi connectivity index (χ3v) is 3.41. The highest BCUT2D eigenvalue weighted by atomic mass is 16.6. The number of ether oxygens (including phenoxy) is 1. The SMILES string of the molecule is CCCC(NCC(C)(C)NC(=O)OC(C)(C)C)c1ccccc1. The minimum Gasteiger partial charge on any atom is -0.444 e. The number of nitrogens with one attached hydrogen (secondary N) is 2. The van der Waals surface area contributed by atoms with Gasteiger partial charge in [-0.05, 0) is 46.6 Å². The molecule has 0 radical (unpaired) electrons. The van der Waals surface area contributed by atoms with Crippen LogP contribution in [0.5, 0.6) is 0 Å². The Morgan fingerprint density at radius 1 is 1.13 bits per heavy atom. The number of hydrogen-bond acceptors (Lipinski definition) is 3. The fourth-order valence-electron chi connectivity index (χ4n) is 2.36. The average molecular weight is 320 g/mol. The first-order chi connectivity index (χ1) is 10.6. The molecule has 4 heteroatoms. The Bertz CT molecular complexity index is 478. The van der Waals surface area contributed by atoms with Crippen LogP contribution in [-0.2, 0) is 4.74 Å². The molecule has 0 heterocycles. The maximum Gasteiger partial charge on any atom is 0.408 e. The van der Waals surface area contributed by atoms with E-state index in [2.05, 4.69) is 41.8 Å². The van der Waals surface area contributed by atoms with Crippen LogP contribution in [0.15, 0.2) is 30.3 Å². The van der Waals surface area contributed by atoms with Gasteiger partial charge >= 0.3 is 6.09 Å². The quantitative estimate of drug-likeness (QED) is 0.782. The van der Waals surface area contributed by atoms with Gasteiger partial charge in [-0.25, -0.2) is 4.79 Å². The average Bonchev–Trinajstić information content (AvgIpc) is 2.41. The number of amides is 1. The van der Waals surface area contributed by atoms with E-state index in [1.54, 1.807) is 0 Å². The third-order valence-electron chi connectivity index (χ3n) is 3.41. The molecule has 4 nitrogen and oxygen atoms in total. The van der Waals surface area contributed by atoms with Gasteiger partial charge in [-0.1, -0.05) is 43.7 Å². The predicted molar refractivity (Wildman–Crippen MR) is 95.5 cm³/mol. The van der Waals surface area contributed by atoms with Crippen LogP contribution >= 0.6 is 0 Å². The lowest BCUT2D eigenvalue weighted by Gasteiger charge is -2.31. The zero-order chi connectivity index (χ0) is 17.5. The van der Waals surface area contributed by atoms with Gasteiger partial charge in [0.1, 0.15) is 5.60 Å². The number of carbonyl (C=O) groups is 1. The normalized spacial score (nSPS) is 13.5. The van der Waals surface area contributed by atoms with E-state index in [1.807, 2.05) is 40.7 Å². The first-order valence-electron chi connectivity index (χ1n) is 8.42. The van der Waals surface area contributed by atoms with E-state index in [1.165, 1.54) is 5.56 Å². The first-order valence-corrected chi connectivity index (χ1v) is 8.42. The standard InChI is InChI=1S/C19H32N2O2/c1-7-11-16(15-12-9-8-10-13-15)20-14-19(5,6)21-17(22)23-18(2,3)4/h8-10,12-13,16,20H,7,11,14H2,1-6H3,(H,21,22). The van der Waals surface area contributed by atoms with Gasteiger partial charge < -0.3 is 15.4 Å². The van der Waals surface area contributed by atoms with Gasteiger partial charge in [0.05, 0.1) is 5.54 Å². The summed E-state index contributed by atoms with van der Waals surface area (Å²) in [6.45, 7) is 12.4. The molecule has 0 saturated carbocycles. The van der Waals surface area contributed by atoms with Crippen molar-refractivity contribution < 1.29 is 9.53 Å². The Balaban J connectivity index is 2.60. The lowest BCUT2D eigenvalue weighted by molar-refractivity contribution is 0.0470. The largest absolute Gasteiger partial charge is 0.444 e. The zero-order valence-electron chi connectivity index (χ0n) is 15.4. The maximum atomic E-state index is 12.0. The topological polar surface area (TPSA) is 50.4 Å². The Morgan fingerprint density at radius 3 is 2.26 bits per heavy atom. The van der Waals surface area contributed by atoms with Gasteiger partial charge in [0.25, 0.3) is 0 Å². The summed E-state index contributed by atoms with van der Waals surface area (Å²) in [7, 11) is 0. The lowest BCUT2D eigenvalue weighted by atomic mass is 10.00. The van der Waals surface area contributed by atoms with Gasteiger partial charge in [0, 0.05) is 12.6 Å². The van der Waals surface area contributed by atoms with E-state index in [9.17, 15) is 4.79 Å². The molecule has 0 aliphatic rings. The minimum atomic E-state index is -0.484. The van der Waals surface area contributed by atoms with Crippen molar-refractivity contribution >= 4 is 6.09 Å². The first kappa shape index (κ1) is 19.5. The second-order valence-corrected chi connectivity index (χ2v) is 7.64. The number of benzene rings is 1. The number of alkyl carbamates (subject to hydrolysis) is 1. The molecule has 0 fully saturated rings. The van der Waals surface area contributed by atoms with Crippen molar-refractivity contribution in [1.29, 1.82) is 0 Å². The summed E-state index contributed by atoms with van der Waals surface area (Å²) in [5, 5.41) is 6.51. The van der Waals surface area contributed by atoms with Crippen molar-refractivity contribution in [3.63, 3.8) is 0 Å². The predicted octanol–water partition coefficient (Wildman–Crippen LogP) is 4.42. The molecule has 0 aromatic heterocycles. The van der Waals surface area contributed by atoms with Gasteiger partial charge in [-0.2, -0.15) is 0 Å². The molecule has 1 aromatic carbocycles. The number of hydrogen-bond donors (Lipinski definition) is 2. The lowest BCUT2D eigenvalue weighted by Crippen LogP contribution is -2.52. The molecule has 0 aliphatic carbocycles. The van der Waals surface area contributed by atoms with E-state index in [0.29, 0.717) is 12.6 Å². The monoisotopic (exact) mass is 320 g/mol. The van der Waals surface area contributed by atoms with Crippen molar-refractivity contribution in [3.05, 3.63) is 35.9 Å². The highest BCUT2D eigenvalue weighted by molar-refractivity contribution is 5.68. The van der Waals surface area contributed by atoms with Gasteiger partial charge in [0.15, 0.2) is 0 Å². The second-order valence-electron chi connectivity index (χ2n) is 7.64. The Hall–Kier alpha value is -1.55. The summed E-state index contributed by atoms with van der Waals surface area (Å²) < 4.78 is 5.33. The van der Waals surface area contributed by atoms with Crippen molar-refractivity contribution in [2.45, 2.75) is 71.6 Å². The molecule has 2 N–H and O–H groups in total. The minimum absolute atomic E-state index is 0.293. The van der Waals surface area contributed by atoms with Gasteiger partial charge in [0.2, 0.25) is 0 Å². The fourth-order valence-corrected chi connectivity index (χ4v) is 2.36. The van der Waals surface area contributed by atoms with Gasteiger partial charge in [-0.3, -0.25) is 0 Å². The second kappa shape index (κ2) is 8.34. The van der Waals surface area contributed by atoms with Crippen LogP contribution in [-0.4, -0.2) is 23.8 Å². The molecule has 1 aromatic rings. The molecule has 1 rings (SSSR count). The van der Waals surface area contributed by atoms with Crippen molar-refractivity contribution in [2.24, 2.45) is 0 Å². The Morgan fingerprint density at radius 2 is 1.74 bits per heavy atom. The highest BCUT2D eigenvalue weighted by Crippen LogP contribution is 2.19. The summed E-state index contributed by atoms with van der Waals surface area (Å²) in [6.07, 6.45) is 1.79. The van der Waals surface area contributed by atoms with E-state index in [0.717, 1.165) is 12.8 Å². The molecule has 1 atom stereocenters. The summed E-state index contributed by atoms with van der Waals surface area (Å²) >= 11 is 0. The van der Waals surface area contributed by atoms with Crippen molar-refractivity contribution in [3.8, 4) is 0 Å². The molecular weight excluding hydrogens is 288 g/mol. The molecule has 1 unspecified atom stereocenters. The van der Waals surface area contributed by atoms with Crippen LogP contribution in [0.3, 0.4) is 0 Å². The molecule has 0 saturated heterocycles. The van der Waals surface area contributed by atoms with Crippen LogP contribution in [0.4, 0.5) is 4.79 Å². The molecule has 0 spiro atoms. The summed E-state index contributed by atoms with van der Waals surface area (Å²) in [5.41, 5.74) is 0.410. The number of carbonyl (C=O) groups excluding carboxylic acids is 1. The van der Waals surface area contributed by atoms with Crippen LogP contribution in [0.2, 0.25) is 0 Å². The molecule has 1 amide bonds. The van der Waals surface area contributed by atoms with Crippen LogP contribution < -0.4 is 10.6 Å². The van der Waals surface area contributed by atoms with E-state index >= 15 is 0 Å². The molecular formula is C19H32N2O2. The maximum absolute atomic E-state index is 12.0. The van der Waals surface area contributed by atoms with E-state index in [-0.39, 0.29) is 11.6 Å². The molecule has 0 bridgehead atoms. The Labute approximate surface area is 141 Å². The highest BCUT2D eigenvalue weighted by Gasteiger charge is 2.25. The zero-order valence-corrected chi connectivity index (χ0v) is 15.4. The summed E-state index contributed by atoms with van der Waals surface area (Å²) in [4.78, 5) is 12.0. The summed E-state index contributed by atoms with van der Waals surface area (Å²) in [6, 6.07) is 10.7. The molecule has 0 aliphatic heterocycles. The van der Waals surface area contributed by atoms with Crippen LogP contribution in [0.1, 0.15) is 66.0 Å². The number of rotatable bonds is 7. The third kappa shape index (κ3) is 8.03. The van der Waals surface area contributed by atoms with E-state index < -0.39 is 5.60 Å². The fraction of sp³-hybridized carbons (Fsp3) is 0.632. The summed E-state index contributed by atoms with van der Waals surface area (Å²) in [5.74, 6) is 0. The van der Waals surface area contributed by atoms with Crippen LogP contribution in [0, 0.1) is 0 Å². The smallest absolute Gasteiger partial charge is 0.408 e. The van der Waals surface area contributed by atoms with Gasteiger partial charge in [-0.15, -0.1) is 0 Å². The van der Waals surface area contributed by atoms with Crippen molar-refractivity contribution in [2.75, 3.05) is 6.54 Å². The molecule has 23 heavy (non-hydrogen) atoms. The van der Waals surface area contributed by atoms with Crippen molar-refractivity contribution in [1.82, 2.24) is 10.6 Å². The molecule has 130 valence electrons. The Kier molecular flexibility index (Phi) is 7.07.